The van der Waals surface area contributed by atoms with E-state index < -0.39 is 11.3 Å². The summed E-state index contributed by atoms with van der Waals surface area (Å²) in [6.45, 7) is 0.107. The summed E-state index contributed by atoms with van der Waals surface area (Å²) in [5, 5.41) is 2.69. The second-order valence-electron chi connectivity index (χ2n) is 3.07. The van der Waals surface area contributed by atoms with Crippen molar-refractivity contribution in [2.24, 2.45) is 0 Å². The van der Waals surface area contributed by atoms with E-state index in [4.69, 9.17) is 4.74 Å². The number of nitrogens with one attached hydrogen (secondary N) is 1. The highest BCUT2D eigenvalue weighted by Gasteiger charge is 2.27. The molecule has 0 atom stereocenters. The Hall–Kier alpha value is -1.11. The van der Waals surface area contributed by atoms with Gasteiger partial charge in [-0.15, -0.1) is 0 Å². The molecule has 0 aliphatic rings. The predicted octanol–water partition coefficient (Wildman–Crippen LogP) is 3.50. The minimum atomic E-state index is -4.23. The van der Waals surface area contributed by atoms with Crippen LogP contribution in [-0.2, 0) is 0 Å². The van der Waals surface area contributed by atoms with Crippen LogP contribution in [0.25, 0.3) is 0 Å². The molecule has 1 aromatic rings. The van der Waals surface area contributed by atoms with Crippen molar-refractivity contribution in [2.75, 3.05) is 24.7 Å². The van der Waals surface area contributed by atoms with Crippen LogP contribution < -0.4 is 10.1 Å². The van der Waals surface area contributed by atoms with Crippen molar-refractivity contribution in [1.29, 1.82) is 0 Å². The molecule has 2 nitrogen and oxygen atoms in total. The van der Waals surface area contributed by atoms with E-state index in [0.29, 0.717) is 5.69 Å². The number of ether oxygens (including phenoxy) is 1. The molecule has 17 heavy (non-hydrogen) atoms. The van der Waals surface area contributed by atoms with Crippen LogP contribution in [0.5, 0.6) is 5.75 Å². The number of anilines is 1. The van der Waals surface area contributed by atoms with Crippen molar-refractivity contribution in [3.8, 4) is 5.75 Å². The molecular weight excluding hydrogens is 258 g/mol. The minimum absolute atomic E-state index is 0.0974. The lowest BCUT2D eigenvalue weighted by atomic mass is 10.3. The van der Waals surface area contributed by atoms with E-state index in [1.165, 1.54) is 19.2 Å². The number of halogens is 4. The lowest BCUT2D eigenvalue weighted by molar-refractivity contribution is -0.0327. The first-order chi connectivity index (χ1) is 7.92. The number of benzene rings is 1. The van der Waals surface area contributed by atoms with Crippen molar-refractivity contribution in [1.82, 2.24) is 0 Å². The summed E-state index contributed by atoms with van der Waals surface area (Å²) in [6.07, 6.45) is 0. The first-order valence-electron chi connectivity index (χ1n) is 4.70. The van der Waals surface area contributed by atoms with Gasteiger partial charge in [-0.1, -0.05) is 0 Å². The number of hydrogen-bond acceptors (Lipinski definition) is 3. The maximum Gasteiger partial charge on any atom is 0.441 e. The molecule has 1 N–H and O–H groups in total. The predicted molar refractivity (Wildman–Crippen MR) is 60.0 cm³/mol. The Balaban J connectivity index is 2.40. The molecule has 0 radical (unpaired) electrons. The fourth-order valence-electron chi connectivity index (χ4n) is 1.14. The monoisotopic (exact) mass is 269 g/mol. The normalized spacial score (nSPS) is 11.4. The van der Waals surface area contributed by atoms with Crippen LogP contribution in [0.2, 0.25) is 0 Å². The van der Waals surface area contributed by atoms with E-state index in [9.17, 15) is 17.6 Å². The molecule has 0 amide bonds. The maximum absolute atomic E-state index is 13.2. The van der Waals surface area contributed by atoms with Crippen LogP contribution in [0.3, 0.4) is 0 Å². The summed E-state index contributed by atoms with van der Waals surface area (Å²) in [4.78, 5) is 0. The van der Waals surface area contributed by atoms with Gasteiger partial charge in [-0.2, -0.15) is 13.2 Å². The van der Waals surface area contributed by atoms with Crippen LogP contribution in [0.1, 0.15) is 0 Å². The van der Waals surface area contributed by atoms with Gasteiger partial charge in [0, 0.05) is 24.1 Å². The Bertz CT molecular complexity index is 370. The molecule has 96 valence electrons. The number of methoxy groups -OCH3 is 1. The summed E-state index contributed by atoms with van der Waals surface area (Å²) in [5.41, 5.74) is -3.81. The van der Waals surface area contributed by atoms with Gasteiger partial charge in [0.25, 0.3) is 0 Å². The number of hydrogen-bond donors (Lipinski definition) is 1. The molecule has 0 fully saturated rings. The summed E-state index contributed by atoms with van der Waals surface area (Å²) in [7, 11) is 1.34. The quantitative estimate of drug-likeness (QED) is 0.653. The van der Waals surface area contributed by atoms with E-state index in [0.717, 1.165) is 0 Å². The molecule has 0 bridgehead atoms. The summed E-state index contributed by atoms with van der Waals surface area (Å²) in [5.74, 6) is -0.585. The Morgan fingerprint density at radius 1 is 1.35 bits per heavy atom. The van der Waals surface area contributed by atoms with E-state index in [1.807, 2.05) is 0 Å². The van der Waals surface area contributed by atoms with Crippen molar-refractivity contribution in [2.45, 2.75) is 5.51 Å². The van der Waals surface area contributed by atoms with E-state index in [1.54, 1.807) is 6.07 Å². The fourth-order valence-corrected chi connectivity index (χ4v) is 1.57. The highest BCUT2D eigenvalue weighted by atomic mass is 32.2. The maximum atomic E-state index is 13.2. The van der Waals surface area contributed by atoms with Gasteiger partial charge in [0.15, 0.2) is 11.6 Å². The van der Waals surface area contributed by atoms with Crippen molar-refractivity contribution in [3.63, 3.8) is 0 Å². The van der Waals surface area contributed by atoms with Gasteiger partial charge in [0.2, 0.25) is 0 Å². The third kappa shape index (κ3) is 5.16. The number of rotatable bonds is 5. The summed E-state index contributed by atoms with van der Waals surface area (Å²) in [6, 6.07) is 4.13. The van der Waals surface area contributed by atoms with E-state index >= 15 is 0 Å². The number of thioether (sulfide) groups is 1. The first-order valence-corrected chi connectivity index (χ1v) is 5.69. The topological polar surface area (TPSA) is 21.3 Å². The van der Waals surface area contributed by atoms with Crippen molar-refractivity contribution < 1.29 is 22.3 Å². The zero-order valence-electron chi connectivity index (χ0n) is 8.97. The molecule has 0 unspecified atom stereocenters. The van der Waals surface area contributed by atoms with Crippen molar-refractivity contribution >= 4 is 17.4 Å². The fraction of sp³-hybridized carbons (Fsp3) is 0.400. The van der Waals surface area contributed by atoms with Crippen LogP contribution in [0, 0.1) is 5.82 Å². The first kappa shape index (κ1) is 14.0. The van der Waals surface area contributed by atoms with Gasteiger partial charge in [-0.25, -0.2) is 4.39 Å². The highest BCUT2D eigenvalue weighted by molar-refractivity contribution is 8.00. The molecular formula is C10H11F4NOS. The lowest BCUT2D eigenvalue weighted by Crippen LogP contribution is -2.09. The van der Waals surface area contributed by atoms with E-state index in [2.05, 4.69) is 5.32 Å². The molecule has 0 saturated heterocycles. The molecule has 1 aromatic carbocycles. The number of alkyl halides is 3. The van der Waals surface area contributed by atoms with Crippen LogP contribution >= 0.6 is 11.8 Å². The second-order valence-corrected chi connectivity index (χ2v) is 4.23. The zero-order valence-corrected chi connectivity index (χ0v) is 9.79. The largest absolute Gasteiger partial charge is 0.494 e. The molecule has 1 rings (SSSR count). The molecule has 7 heteroatoms. The van der Waals surface area contributed by atoms with Gasteiger partial charge >= 0.3 is 5.51 Å². The average Bonchev–Trinajstić information content (AvgIpc) is 2.23. The second kappa shape index (κ2) is 6.00. The Kier molecular flexibility index (Phi) is 4.92. The van der Waals surface area contributed by atoms with Crippen LogP contribution in [-0.4, -0.2) is 24.9 Å². The Labute approximate surface area is 100 Å². The van der Waals surface area contributed by atoms with Crippen LogP contribution in [0.4, 0.5) is 23.2 Å². The lowest BCUT2D eigenvalue weighted by Gasteiger charge is -2.09. The summed E-state index contributed by atoms with van der Waals surface area (Å²) < 4.78 is 53.3. The van der Waals surface area contributed by atoms with Gasteiger partial charge < -0.3 is 10.1 Å². The molecule has 0 aliphatic heterocycles. The smallest absolute Gasteiger partial charge is 0.441 e. The molecule has 0 heterocycles. The highest BCUT2D eigenvalue weighted by Crippen LogP contribution is 2.29. The standard InChI is InChI=1S/C10H11F4NOS/c1-16-9-3-2-7(6-8(9)11)15-4-5-17-10(12,13)14/h2-3,6,15H,4-5H2,1H3. The Morgan fingerprint density at radius 3 is 2.59 bits per heavy atom. The Morgan fingerprint density at radius 2 is 2.06 bits per heavy atom. The SMILES string of the molecule is COc1ccc(NCCSC(F)(F)F)cc1F. The van der Waals surface area contributed by atoms with Gasteiger partial charge in [0.05, 0.1) is 7.11 Å². The minimum Gasteiger partial charge on any atom is -0.494 e. The zero-order chi connectivity index (χ0) is 12.9. The van der Waals surface area contributed by atoms with Crippen LogP contribution in [0.15, 0.2) is 18.2 Å². The third-order valence-corrected chi connectivity index (χ3v) is 2.58. The van der Waals surface area contributed by atoms with Crippen molar-refractivity contribution in [3.05, 3.63) is 24.0 Å². The van der Waals surface area contributed by atoms with Gasteiger partial charge in [-0.3, -0.25) is 0 Å². The van der Waals surface area contributed by atoms with Gasteiger partial charge in [0.1, 0.15) is 0 Å². The third-order valence-electron chi connectivity index (χ3n) is 1.85. The molecule has 0 aliphatic carbocycles. The molecule has 0 aromatic heterocycles. The van der Waals surface area contributed by atoms with E-state index in [-0.39, 0.29) is 29.8 Å². The molecule has 0 spiro atoms. The molecule has 0 saturated carbocycles. The summed E-state index contributed by atoms with van der Waals surface area (Å²) >= 11 is -0.116. The average molecular weight is 269 g/mol. The van der Waals surface area contributed by atoms with Gasteiger partial charge in [-0.05, 0) is 23.9 Å².